The Hall–Kier alpha value is -3.19. The smallest absolute Gasteiger partial charge is 0.416 e. The van der Waals surface area contributed by atoms with E-state index in [1.807, 2.05) is 0 Å². The van der Waals surface area contributed by atoms with Crippen LogP contribution in [0, 0.1) is 17.7 Å². The van der Waals surface area contributed by atoms with E-state index in [1.54, 1.807) is 9.80 Å². The van der Waals surface area contributed by atoms with Crippen LogP contribution in [-0.2, 0) is 32.1 Å². The number of hydrogen-bond acceptors (Lipinski definition) is 6. The number of alkyl halides is 3. The van der Waals surface area contributed by atoms with Crippen LogP contribution in [0.5, 0.6) is 0 Å². The molecule has 0 bridgehead atoms. The number of hydrogen-bond donors (Lipinski definition) is 0. The third-order valence-electron chi connectivity index (χ3n) is 10.5. The lowest BCUT2D eigenvalue weighted by atomic mass is 9.80. The molecule has 256 valence electrons. The third kappa shape index (κ3) is 7.61. The fraction of sp³-hybridized carbons (Fsp3) is 0.588. The molecule has 0 radical (unpaired) electrons. The highest BCUT2D eigenvalue weighted by atomic mass is 32.2. The van der Waals surface area contributed by atoms with Crippen molar-refractivity contribution >= 4 is 21.8 Å². The van der Waals surface area contributed by atoms with Gasteiger partial charge in [0.2, 0.25) is 5.91 Å². The number of likely N-dealkylation sites (tertiary alicyclic amines) is 2. The van der Waals surface area contributed by atoms with Crippen LogP contribution in [0.3, 0.4) is 0 Å². The van der Waals surface area contributed by atoms with Crippen molar-refractivity contribution in [1.82, 2.24) is 14.7 Å². The minimum Gasteiger partial charge on any atom is -0.441 e. The summed E-state index contributed by atoms with van der Waals surface area (Å²) >= 11 is 0. The van der Waals surface area contributed by atoms with Gasteiger partial charge in [0.25, 0.3) is 0 Å². The monoisotopic (exact) mass is 679 g/mol. The summed E-state index contributed by atoms with van der Waals surface area (Å²) in [5.74, 6) is -0.377. The lowest BCUT2D eigenvalue weighted by Crippen LogP contribution is -2.47. The van der Waals surface area contributed by atoms with Crippen molar-refractivity contribution in [3.05, 3.63) is 65.5 Å². The van der Waals surface area contributed by atoms with Crippen LogP contribution in [0.2, 0.25) is 0 Å². The first-order valence-electron chi connectivity index (χ1n) is 16.5. The van der Waals surface area contributed by atoms with Crippen LogP contribution in [0.25, 0.3) is 0 Å². The summed E-state index contributed by atoms with van der Waals surface area (Å²) in [7, 11) is -3.67. The Morgan fingerprint density at radius 2 is 1.57 bits per heavy atom. The zero-order valence-corrected chi connectivity index (χ0v) is 27.1. The van der Waals surface area contributed by atoms with Crippen molar-refractivity contribution in [3.63, 3.8) is 0 Å². The van der Waals surface area contributed by atoms with Crippen molar-refractivity contribution in [3.8, 4) is 0 Å². The summed E-state index contributed by atoms with van der Waals surface area (Å²) in [6, 6.07) is 10.3. The largest absolute Gasteiger partial charge is 0.441 e. The van der Waals surface area contributed by atoms with Crippen molar-refractivity contribution in [2.75, 3.05) is 39.3 Å². The highest BCUT2D eigenvalue weighted by Crippen LogP contribution is 2.37. The quantitative estimate of drug-likeness (QED) is 0.339. The van der Waals surface area contributed by atoms with Crippen molar-refractivity contribution < 1.29 is 40.3 Å². The summed E-state index contributed by atoms with van der Waals surface area (Å²) in [5.41, 5.74) is -0.395. The molecule has 3 saturated heterocycles. The molecule has 13 heteroatoms. The van der Waals surface area contributed by atoms with Gasteiger partial charge < -0.3 is 14.5 Å². The Labute approximate surface area is 272 Å². The average molecular weight is 680 g/mol. The van der Waals surface area contributed by atoms with E-state index in [0.29, 0.717) is 71.5 Å². The van der Waals surface area contributed by atoms with Crippen molar-refractivity contribution in [2.24, 2.45) is 11.8 Å². The van der Waals surface area contributed by atoms with Crippen LogP contribution in [0.15, 0.2) is 53.4 Å². The first-order valence-corrected chi connectivity index (χ1v) is 18.0. The van der Waals surface area contributed by atoms with Crippen molar-refractivity contribution in [1.29, 1.82) is 0 Å². The van der Waals surface area contributed by atoms with Gasteiger partial charge in [-0.2, -0.15) is 13.2 Å². The molecule has 3 heterocycles. The number of piperidine rings is 2. The number of ether oxygens (including phenoxy) is 1. The van der Waals surface area contributed by atoms with E-state index in [1.165, 1.54) is 30.3 Å². The normalized spacial score (nSPS) is 24.5. The molecular formula is C34H41F4N3O5S. The summed E-state index contributed by atoms with van der Waals surface area (Å²) in [4.78, 5) is 31.9. The maximum atomic E-state index is 13.6. The molecule has 2 amide bonds. The number of carbonyl (C=O) groups is 2. The summed E-state index contributed by atoms with van der Waals surface area (Å²) in [6.45, 7) is 3.74. The molecule has 0 atom stereocenters. The van der Waals surface area contributed by atoms with E-state index in [9.17, 15) is 35.6 Å². The van der Waals surface area contributed by atoms with E-state index in [0.717, 1.165) is 49.4 Å². The Bertz CT molecular complexity index is 1540. The zero-order chi connectivity index (χ0) is 33.4. The summed E-state index contributed by atoms with van der Waals surface area (Å²) in [6.07, 6.45) is 0.389. The van der Waals surface area contributed by atoms with E-state index in [4.69, 9.17) is 4.74 Å². The molecule has 2 aromatic carbocycles. The number of halogens is 4. The Kier molecular flexibility index (Phi) is 9.59. The molecule has 3 aliphatic heterocycles. The lowest BCUT2D eigenvalue weighted by molar-refractivity contribution is -0.138. The van der Waals surface area contributed by atoms with Crippen molar-refractivity contribution in [2.45, 2.75) is 79.8 Å². The SMILES string of the molecule is O=C1OC2(CCN(Cc3ccc(C(F)(F)F)cc3)CC2)CN1CC1CCC(C(=O)N2CCC(S(=O)(=O)c3cccc(F)c3)CC2)CC1. The third-order valence-corrected chi connectivity index (χ3v) is 12.7. The number of carbonyl (C=O) groups excluding carboxylic acids is 2. The van der Waals surface area contributed by atoms with Gasteiger partial charge in [0.05, 0.1) is 22.3 Å². The lowest BCUT2D eigenvalue weighted by Gasteiger charge is -2.38. The Morgan fingerprint density at radius 1 is 0.915 bits per heavy atom. The van der Waals surface area contributed by atoms with E-state index >= 15 is 0 Å². The predicted molar refractivity (Wildman–Crippen MR) is 165 cm³/mol. The number of rotatable bonds is 7. The molecule has 0 N–H and O–H groups in total. The van der Waals surface area contributed by atoms with Gasteiger partial charge in [-0.1, -0.05) is 18.2 Å². The molecule has 1 spiro atoms. The maximum absolute atomic E-state index is 13.6. The number of benzene rings is 2. The molecule has 47 heavy (non-hydrogen) atoms. The molecule has 0 unspecified atom stereocenters. The zero-order valence-electron chi connectivity index (χ0n) is 26.3. The minimum absolute atomic E-state index is 0.0180. The molecule has 4 aliphatic rings. The fourth-order valence-corrected chi connectivity index (χ4v) is 9.42. The molecule has 1 aliphatic carbocycles. The van der Waals surface area contributed by atoms with Crippen LogP contribution in [0.1, 0.15) is 62.5 Å². The molecule has 0 aromatic heterocycles. The molecule has 1 saturated carbocycles. The van der Waals surface area contributed by atoms with Gasteiger partial charge in [0.15, 0.2) is 9.84 Å². The van der Waals surface area contributed by atoms with Crippen LogP contribution in [0.4, 0.5) is 22.4 Å². The van der Waals surface area contributed by atoms with Crippen LogP contribution < -0.4 is 0 Å². The molecule has 8 nitrogen and oxygen atoms in total. The first kappa shape index (κ1) is 33.7. The van der Waals surface area contributed by atoms with Crippen LogP contribution in [-0.4, -0.2) is 85.2 Å². The molecule has 4 fully saturated rings. The van der Waals surface area contributed by atoms with Gasteiger partial charge in [-0.05, 0) is 80.3 Å². The van der Waals surface area contributed by atoms with E-state index in [-0.39, 0.29) is 28.7 Å². The standard InChI is InChI=1S/C34H41F4N3O5S/c35-28-2-1-3-30(20-28)47(44,45)29-12-16-40(17-13-29)31(42)26-8-4-25(5-9-26)22-41-23-33(46-32(41)43)14-18-39(19-15-33)21-24-6-10-27(11-7-24)34(36,37)38/h1-3,6-7,10-11,20,25-26,29H,4-5,8-9,12-19,21-23H2. The van der Waals surface area contributed by atoms with Gasteiger partial charge in [-0.25, -0.2) is 17.6 Å². The van der Waals surface area contributed by atoms with Gasteiger partial charge in [0.1, 0.15) is 11.4 Å². The van der Waals surface area contributed by atoms with E-state index < -0.39 is 38.2 Å². The fourth-order valence-electron chi connectivity index (χ4n) is 7.65. The Morgan fingerprint density at radius 3 is 2.19 bits per heavy atom. The second-order valence-electron chi connectivity index (χ2n) is 13.6. The first-order chi connectivity index (χ1) is 22.3. The number of sulfone groups is 1. The minimum atomic E-state index is -4.36. The predicted octanol–water partition coefficient (Wildman–Crippen LogP) is 5.90. The van der Waals surface area contributed by atoms with Gasteiger partial charge in [-0.3, -0.25) is 9.69 Å². The average Bonchev–Trinajstić information content (AvgIpc) is 3.35. The highest BCUT2D eigenvalue weighted by Gasteiger charge is 2.47. The second-order valence-corrected chi connectivity index (χ2v) is 15.9. The number of nitrogens with zero attached hydrogens (tertiary/aromatic N) is 3. The maximum Gasteiger partial charge on any atom is 0.416 e. The topological polar surface area (TPSA) is 87.2 Å². The molecule has 6 rings (SSSR count). The van der Waals surface area contributed by atoms with Gasteiger partial charge in [-0.15, -0.1) is 0 Å². The van der Waals surface area contributed by atoms with Crippen LogP contribution >= 0.6 is 0 Å². The highest BCUT2D eigenvalue weighted by molar-refractivity contribution is 7.92. The van der Waals surface area contributed by atoms with Gasteiger partial charge in [0, 0.05) is 58.0 Å². The summed E-state index contributed by atoms with van der Waals surface area (Å²) < 4.78 is 84.2. The van der Waals surface area contributed by atoms with Gasteiger partial charge >= 0.3 is 12.3 Å². The molecule has 2 aromatic rings. The molecular weight excluding hydrogens is 638 g/mol. The second kappa shape index (κ2) is 13.4. The summed E-state index contributed by atoms with van der Waals surface area (Å²) in [5, 5.41) is -0.640. The number of amides is 2. The Balaban J connectivity index is 0.926. The van der Waals surface area contributed by atoms with E-state index in [2.05, 4.69) is 4.90 Å².